The number of rotatable bonds is 6. The summed E-state index contributed by atoms with van der Waals surface area (Å²) in [5.74, 6) is -0.674. The summed E-state index contributed by atoms with van der Waals surface area (Å²) in [5, 5.41) is 2.86. The van der Waals surface area contributed by atoms with Crippen LogP contribution in [0.3, 0.4) is 0 Å². The molecule has 0 aliphatic carbocycles. The zero-order valence-electron chi connectivity index (χ0n) is 14.4. The van der Waals surface area contributed by atoms with E-state index in [1.54, 1.807) is 18.2 Å². The van der Waals surface area contributed by atoms with Gasteiger partial charge < -0.3 is 16.0 Å². The summed E-state index contributed by atoms with van der Waals surface area (Å²) in [7, 11) is 0. The van der Waals surface area contributed by atoms with E-state index in [1.165, 1.54) is 6.07 Å². The average molecular weight is 351 g/mol. The Balaban J connectivity index is 1.68. The molecule has 3 rings (SSSR count). The normalized spacial score (nSPS) is 13.7. The van der Waals surface area contributed by atoms with E-state index in [4.69, 9.17) is 5.73 Å². The van der Waals surface area contributed by atoms with E-state index in [9.17, 15) is 14.4 Å². The SMILES string of the molecule is NC(=O)c1cccc(C(=O)NCc2ccccc2CN2CCCC2=O)c1. The standard InChI is InChI=1S/C20H21N3O3/c21-19(25)14-7-3-8-15(11-14)20(26)22-12-16-5-1-2-6-17(16)13-23-10-4-9-18(23)24/h1-3,5-8,11H,4,9-10,12-13H2,(H2,21,25)(H,22,26). The van der Waals surface area contributed by atoms with Crippen LogP contribution >= 0.6 is 0 Å². The second-order valence-corrected chi connectivity index (χ2v) is 6.32. The Morgan fingerprint density at radius 3 is 2.46 bits per heavy atom. The van der Waals surface area contributed by atoms with Crippen LogP contribution in [0.2, 0.25) is 0 Å². The maximum absolute atomic E-state index is 12.4. The number of likely N-dealkylation sites (tertiary alicyclic amines) is 1. The first-order valence-electron chi connectivity index (χ1n) is 8.57. The van der Waals surface area contributed by atoms with Gasteiger partial charge in [0.05, 0.1) is 0 Å². The topological polar surface area (TPSA) is 92.5 Å². The zero-order chi connectivity index (χ0) is 18.5. The molecule has 6 heteroatoms. The summed E-state index contributed by atoms with van der Waals surface area (Å²) in [6.07, 6.45) is 1.50. The summed E-state index contributed by atoms with van der Waals surface area (Å²) in [5.41, 5.74) is 7.92. The second-order valence-electron chi connectivity index (χ2n) is 6.32. The third-order valence-corrected chi connectivity index (χ3v) is 4.50. The molecule has 1 heterocycles. The van der Waals surface area contributed by atoms with Crippen LogP contribution in [-0.4, -0.2) is 29.2 Å². The van der Waals surface area contributed by atoms with Gasteiger partial charge in [0.1, 0.15) is 0 Å². The molecule has 0 unspecified atom stereocenters. The lowest BCUT2D eigenvalue weighted by Crippen LogP contribution is -2.27. The first kappa shape index (κ1) is 17.7. The molecule has 26 heavy (non-hydrogen) atoms. The van der Waals surface area contributed by atoms with Crippen molar-refractivity contribution >= 4 is 17.7 Å². The molecule has 0 atom stereocenters. The van der Waals surface area contributed by atoms with E-state index < -0.39 is 5.91 Å². The van der Waals surface area contributed by atoms with Crippen molar-refractivity contribution in [1.29, 1.82) is 0 Å². The van der Waals surface area contributed by atoms with Gasteiger partial charge in [0, 0.05) is 37.2 Å². The van der Waals surface area contributed by atoms with Gasteiger partial charge in [-0.25, -0.2) is 0 Å². The molecule has 0 spiro atoms. The first-order chi connectivity index (χ1) is 12.5. The molecule has 0 radical (unpaired) electrons. The van der Waals surface area contributed by atoms with Gasteiger partial charge in [-0.1, -0.05) is 30.3 Å². The molecule has 6 nitrogen and oxygen atoms in total. The fraction of sp³-hybridized carbons (Fsp3) is 0.250. The molecule has 1 saturated heterocycles. The lowest BCUT2D eigenvalue weighted by molar-refractivity contribution is -0.128. The number of benzene rings is 2. The fourth-order valence-electron chi connectivity index (χ4n) is 3.05. The number of nitrogens with one attached hydrogen (secondary N) is 1. The highest BCUT2D eigenvalue weighted by atomic mass is 16.2. The fourth-order valence-corrected chi connectivity index (χ4v) is 3.05. The van der Waals surface area contributed by atoms with E-state index in [-0.39, 0.29) is 11.8 Å². The predicted molar refractivity (Wildman–Crippen MR) is 97.2 cm³/mol. The van der Waals surface area contributed by atoms with Crippen LogP contribution in [0.5, 0.6) is 0 Å². The summed E-state index contributed by atoms with van der Waals surface area (Å²) >= 11 is 0. The van der Waals surface area contributed by atoms with Crippen molar-refractivity contribution in [1.82, 2.24) is 10.2 Å². The summed E-state index contributed by atoms with van der Waals surface area (Å²) in [6.45, 7) is 1.68. The molecule has 2 aromatic carbocycles. The number of amides is 3. The van der Waals surface area contributed by atoms with Crippen LogP contribution in [0.4, 0.5) is 0 Å². The van der Waals surface area contributed by atoms with Crippen LogP contribution in [0.25, 0.3) is 0 Å². The second kappa shape index (κ2) is 7.82. The Labute approximate surface area is 152 Å². The Bertz CT molecular complexity index is 848. The highest BCUT2D eigenvalue weighted by molar-refractivity contribution is 5.99. The maximum atomic E-state index is 12.4. The average Bonchev–Trinajstić information content (AvgIpc) is 3.05. The molecule has 134 valence electrons. The van der Waals surface area contributed by atoms with Crippen molar-refractivity contribution in [2.45, 2.75) is 25.9 Å². The highest BCUT2D eigenvalue weighted by Gasteiger charge is 2.21. The Kier molecular flexibility index (Phi) is 5.31. The van der Waals surface area contributed by atoms with Crippen LogP contribution in [0.1, 0.15) is 44.7 Å². The van der Waals surface area contributed by atoms with Crippen molar-refractivity contribution in [2.75, 3.05) is 6.54 Å². The van der Waals surface area contributed by atoms with Crippen molar-refractivity contribution in [3.63, 3.8) is 0 Å². The van der Waals surface area contributed by atoms with Crippen LogP contribution in [-0.2, 0) is 17.9 Å². The number of hydrogen-bond acceptors (Lipinski definition) is 3. The van der Waals surface area contributed by atoms with Gasteiger partial charge in [0.15, 0.2) is 0 Å². The summed E-state index contributed by atoms with van der Waals surface area (Å²) in [6, 6.07) is 14.1. The first-order valence-corrected chi connectivity index (χ1v) is 8.57. The minimum atomic E-state index is -0.569. The molecule has 2 aromatic rings. The molecular weight excluding hydrogens is 330 g/mol. The van der Waals surface area contributed by atoms with Crippen LogP contribution in [0.15, 0.2) is 48.5 Å². The monoisotopic (exact) mass is 351 g/mol. The van der Waals surface area contributed by atoms with Gasteiger partial charge in [-0.2, -0.15) is 0 Å². The predicted octanol–water partition coefficient (Wildman–Crippen LogP) is 1.84. The van der Waals surface area contributed by atoms with Crippen LogP contribution in [0, 0.1) is 0 Å². The summed E-state index contributed by atoms with van der Waals surface area (Å²) < 4.78 is 0. The molecule has 3 amide bonds. The zero-order valence-corrected chi connectivity index (χ0v) is 14.4. The molecule has 1 aliphatic heterocycles. The number of nitrogens with zero attached hydrogens (tertiary/aromatic N) is 1. The minimum Gasteiger partial charge on any atom is -0.366 e. The summed E-state index contributed by atoms with van der Waals surface area (Å²) in [4.78, 5) is 37.3. The lowest BCUT2D eigenvalue weighted by atomic mass is 10.1. The van der Waals surface area contributed by atoms with Gasteiger partial charge in [-0.15, -0.1) is 0 Å². The number of primary amides is 1. The molecule has 0 saturated carbocycles. The molecule has 0 bridgehead atoms. The van der Waals surface area contributed by atoms with E-state index in [0.29, 0.717) is 30.6 Å². The Morgan fingerprint density at radius 2 is 1.77 bits per heavy atom. The van der Waals surface area contributed by atoms with Crippen molar-refractivity contribution in [3.8, 4) is 0 Å². The lowest BCUT2D eigenvalue weighted by Gasteiger charge is -2.18. The van der Waals surface area contributed by atoms with Gasteiger partial charge in [-0.3, -0.25) is 14.4 Å². The largest absolute Gasteiger partial charge is 0.366 e. The van der Waals surface area contributed by atoms with Crippen molar-refractivity contribution in [2.24, 2.45) is 5.73 Å². The molecule has 0 aromatic heterocycles. The van der Waals surface area contributed by atoms with E-state index in [0.717, 1.165) is 24.1 Å². The number of carbonyl (C=O) groups excluding carboxylic acids is 3. The van der Waals surface area contributed by atoms with Gasteiger partial charge in [0.25, 0.3) is 5.91 Å². The van der Waals surface area contributed by atoms with Crippen molar-refractivity contribution < 1.29 is 14.4 Å². The number of hydrogen-bond donors (Lipinski definition) is 2. The highest BCUT2D eigenvalue weighted by Crippen LogP contribution is 2.17. The minimum absolute atomic E-state index is 0.173. The van der Waals surface area contributed by atoms with E-state index in [2.05, 4.69) is 5.32 Å². The molecule has 3 N–H and O–H groups in total. The Morgan fingerprint density at radius 1 is 1.04 bits per heavy atom. The Hall–Kier alpha value is -3.15. The van der Waals surface area contributed by atoms with Crippen molar-refractivity contribution in [3.05, 3.63) is 70.8 Å². The third-order valence-electron chi connectivity index (χ3n) is 4.50. The quantitative estimate of drug-likeness (QED) is 0.832. The molecular formula is C20H21N3O3. The van der Waals surface area contributed by atoms with Gasteiger partial charge in [0.2, 0.25) is 11.8 Å². The van der Waals surface area contributed by atoms with E-state index >= 15 is 0 Å². The van der Waals surface area contributed by atoms with Crippen LogP contribution < -0.4 is 11.1 Å². The smallest absolute Gasteiger partial charge is 0.251 e. The number of carbonyl (C=O) groups is 3. The number of nitrogens with two attached hydrogens (primary N) is 1. The maximum Gasteiger partial charge on any atom is 0.251 e. The molecule has 1 aliphatic rings. The van der Waals surface area contributed by atoms with Gasteiger partial charge >= 0.3 is 0 Å². The molecule has 1 fully saturated rings. The van der Waals surface area contributed by atoms with E-state index in [1.807, 2.05) is 29.2 Å². The van der Waals surface area contributed by atoms with Gasteiger partial charge in [-0.05, 0) is 35.7 Å². The third kappa shape index (κ3) is 4.08.